The summed E-state index contributed by atoms with van der Waals surface area (Å²) in [7, 11) is 1.65. The Labute approximate surface area is 131 Å². The first-order chi connectivity index (χ1) is 10.5. The summed E-state index contributed by atoms with van der Waals surface area (Å²) in [5.74, 6) is -1.01. The largest absolute Gasteiger partial charge is 0.477 e. The maximum Gasteiger partial charge on any atom is 0.345 e. The molecule has 0 unspecified atom stereocenters. The maximum atomic E-state index is 12.1. The highest BCUT2D eigenvalue weighted by molar-refractivity contribution is 7.20. The van der Waals surface area contributed by atoms with E-state index < -0.39 is 5.97 Å². The zero-order valence-corrected chi connectivity index (χ0v) is 13.0. The minimum atomic E-state index is -0.932. The van der Waals surface area contributed by atoms with Crippen LogP contribution in [0.25, 0.3) is 10.1 Å². The van der Waals surface area contributed by atoms with Crippen molar-refractivity contribution in [1.82, 2.24) is 0 Å². The van der Waals surface area contributed by atoms with Crippen molar-refractivity contribution in [1.29, 1.82) is 0 Å². The van der Waals surface area contributed by atoms with Gasteiger partial charge in [0, 0.05) is 17.5 Å². The van der Waals surface area contributed by atoms with Gasteiger partial charge in [0.15, 0.2) is 0 Å². The average molecular weight is 319 g/mol. The molecule has 1 amide bonds. The molecule has 5 nitrogen and oxygen atoms in total. The van der Waals surface area contributed by atoms with Crippen LogP contribution in [0.15, 0.2) is 24.3 Å². The van der Waals surface area contributed by atoms with Crippen molar-refractivity contribution in [3.05, 3.63) is 29.1 Å². The number of carbonyl (C=O) groups is 2. The Morgan fingerprint density at radius 1 is 1.36 bits per heavy atom. The number of nitrogens with one attached hydrogen (secondary N) is 1. The molecule has 0 bridgehead atoms. The van der Waals surface area contributed by atoms with Crippen molar-refractivity contribution in [3.63, 3.8) is 0 Å². The number of carboxylic acids is 1. The first-order valence-corrected chi connectivity index (χ1v) is 7.95. The Morgan fingerprint density at radius 3 is 2.73 bits per heavy atom. The zero-order chi connectivity index (χ0) is 15.7. The van der Waals surface area contributed by atoms with Gasteiger partial charge in [-0.2, -0.15) is 0 Å². The molecule has 1 aromatic carbocycles. The summed E-state index contributed by atoms with van der Waals surface area (Å²) < 4.78 is 6.35. The quantitative estimate of drug-likeness (QED) is 0.884. The second kappa shape index (κ2) is 5.70. The molecule has 1 aliphatic carbocycles. The van der Waals surface area contributed by atoms with Gasteiger partial charge in [-0.3, -0.25) is 4.79 Å². The van der Waals surface area contributed by atoms with Gasteiger partial charge in [-0.25, -0.2) is 4.79 Å². The molecule has 1 saturated carbocycles. The van der Waals surface area contributed by atoms with E-state index in [0.29, 0.717) is 17.0 Å². The molecule has 0 radical (unpaired) electrons. The van der Waals surface area contributed by atoms with Crippen molar-refractivity contribution in [2.24, 2.45) is 0 Å². The Morgan fingerprint density at radius 2 is 2.14 bits per heavy atom. The first kappa shape index (κ1) is 15.0. The van der Waals surface area contributed by atoms with E-state index in [2.05, 4.69) is 5.32 Å². The number of rotatable bonds is 5. The van der Waals surface area contributed by atoms with E-state index in [1.54, 1.807) is 25.3 Å². The van der Waals surface area contributed by atoms with E-state index in [1.807, 2.05) is 6.07 Å². The van der Waals surface area contributed by atoms with Crippen molar-refractivity contribution in [2.75, 3.05) is 12.4 Å². The number of amides is 1. The van der Waals surface area contributed by atoms with Crippen LogP contribution in [0.5, 0.6) is 0 Å². The minimum Gasteiger partial charge on any atom is -0.477 e. The van der Waals surface area contributed by atoms with Gasteiger partial charge in [-0.15, -0.1) is 11.3 Å². The summed E-state index contributed by atoms with van der Waals surface area (Å²) in [6.07, 6.45) is 3.29. The van der Waals surface area contributed by atoms with Gasteiger partial charge < -0.3 is 15.2 Å². The number of carbonyl (C=O) groups excluding carboxylic acids is 1. The van der Waals surface area contributed by atoms with Crippen LogP contribution in [0, 0.1) is 0 Å². The lowest BCUT2D eigenvalue weighted by atomic mass is 9.77. The number of benzene rings is 1. The molecule has 0 spiro atoms. The van der Waals surface area contributed by atoms with E-state index in [1.165, 1.54) is 11.3 Å². The second-order valence-corrected chi connectivity index (χ2v) is 6.72. The van der Waals surface area contributed by atoms with Gasteiger partial charge in [-0.05, 0) is 48.9 Å². The molecule has 1 heterocycles. The molecule has 6 heteroatoms. The number of anilines is 1. The zero-order valence-electron chi connectivity index (χ0n) is 12.2. The van der Waals surface area contributed by atoms with Crippen LogP contribution >= 0.6 is 11.3 Å². The first-order valence-electron chi connectivity index (χ1n) is 7.13. The maximum absolute atomic E-state index is 12.1. The lowest BCUT2D eigenvalue weighted by molar-refractivity contribution is -0.129. The monoisotopic (exact) mass is 319 g/mol. The smallest absolute Gasteiger partial charge is 0.345 e. The number of carboxylic acid groups (broad SMARTS) is 1. The van der Waals surface area contributed by atoms with Gasteiger partial charge in [0.1, 0.15) is 4.88 Å². The van der Waals surface area contributed by atoms with Crippen LogP contribution in [-0.2, 0) is 9.53 Å². The summed E-state index contributed by atoms with van der Waals surface area (Å²) in [5, 5.41) is 12.7. The SMILES string of the molecule is COC1(CC(=O)Nc2ccc3sc(C(=O)O)cc3c2)CCC1. The molecular weight excluding hydrogens is 302 g/mol. The van der Waals surface area contributed by atoms with Crippen LogP contribution in [0.4, 0.5) is 5.69 Å². The van der Waals surface area contributed by atoms with Crippen LogP contribution in [0.1, 0.15) is 35.4 Å². The van der Waals surface area contributed by atoms with E-state index in [-0.39, 0.29) is 11.5 Å². The highest BCUT2D eigenvalue weighted by Gasteiger charge is 2.38. The van der Waals surface area contributed by atoms with E-state index in [9.17, 15) is 9.59 Å². The molecule has 1 fully saturated rings. The van der Waals surface area contributed by atoms with Gasteiger partial charge >= 0.3 is 5.97 Å². The lowest BCUT2D eigenvalue weighted by Crippen LogP contribution is -2.42. The van der Waals surface area contributed by atoms with E-state index in [4.69, 9.17) is 9.84 Å². The van der Waals surface area contributed by atoms with Gasteiger partial charge in [0.2, 0.25) is 5.91 Å². The van der Waals surface area contributed by atoms with Crippen LogP contribution in [0.2, 0.25) is 0 Å². The lowest BCUT2D eigenvalue weighted by Gasteiger charge is -2.39. The molecule has 2 N–H and O–H groups in total. The Hall–Kier alpha value is -1.92. The van der Waals surface area contributed by atoms with E-state index >= 15 is 0 Å². The average Bonchev–Trinajstić information content (AvgIpc) is 2.86. The predicted octanol–water partition coefficient (Wildman–Crippen LogP) is 3.50. The molecule has 0 atom stereocenters. The summed E-state index contributed by atoms with van der Waals surface area (Å²) >= 11 is 1.23. The van der Waals surface area contributed by atoms with E-state index in [0.717, 1.165) is 29.3 Å². The Balaban J connectivity index is 1.73. The number of hydrogen-bond donors (Lipinski definition) is 2. The highest BCUT2D eigenvalue weighted by atomic mass is 32.1. The van der Waals surface area contributed by atoms with Crippen molar-refractivity contribution >= 4 is 39.0 Å². The van der Waals surface area contributed by atoms with Crippen molar-refractivity contribution in [3.8, 4) is 0 Å². The minimum absolute atomic E-state index is 0.0745. The summed E-state index contributed by atoms with van der Waals surface area (Å²) in [6, 6.07) is 7.05. The van der Waals surface area contributed by atoms with Crippen LogP contribution < -0.4 is 5.32 Å². The fraction of sp³-hybridized carbons (Fsp3) is 0.375. The van der Waals surface area contributed by atoms with Gasteiger partial charge in [0.05, 0.1) is 12.0 Å². The molecule has 2 aromatic rings. The summed E-state index contributed by atoms with van der Waals surface area (Å²) in [6.45, 7) is 0. The highest BCUT2D eigenvalue weighted by Crippen LogP contribution is 2.38. The molecule has 0 aliphatic heterocycles. The standard InChI is InChI=1S/C16H17NO4S/c1-21-16(5-2-6-16)9-14(18)17-11-3-4-12-10(7-11)8-13(22-12)15(19)20/h3-4,7-8H,2,5-6,9H2,1H3,(H,17,18)(H,19,20). The Bertz CT molecular complexity index is 727. The number of fused-ring (bicyclic) bond motifs is 1. The normalized spacial score (nSPS) is 16.2. The third kappa shape index (κ3) is 2.84. The molecule has 0 saturated heterocycles. The molecular formula is C16H17NO4S. The topological polar surface area (TPSA) is 75.6 Å². The second-order valence-electron chi connectivity index (χ2n) is 5.63. The Kier molecular flexibility index (Phi) is 3.88. The van der Waals surface area contributed by atoms with Crippen molar-refractivity contribution in [2.45, 2.75) is 31.3 Å². The van der Waals surface area contributed by atoms with Gasteiger partial charge in [-0.1, -0.05) is 0 Å². The number of methoxy groups -OCH3 is 1. The summed E-state index contributed by atoms with van der Waals surface area (Å²) in [5.41, 5.74) is 0.380. The fourth-order valence-corrected chi connectivity index (χ4v) is 3.63. The van der Waals surface area contributed by atoms with Gasteiger partial charge in [0.25, 0.3) is 0 Å². The molecule has 3 rings (SSSR count). The third-order valence-electron chi connectivity index (χ3n) is 4.19. The van der Waals surface area contributed by atoms with Crippen LogP contribution in [-0.4, -0.2) is 29.7 Å². The molecule has 22 heavy (non-hydrogen) atoms. The fourth-order valence-electron chi connectivity index (χ4n) is 2.75. The number of hydrogen-bond acceptors (Lipinski definition) is 4. The number of thiophene rings is 1. The number of aromatic carboxylic acids is 1. The molecule has 116 valence electrons. The summed E-state index contributed by atoms with van der Waals surface area (Å²) in [4.78, 5) is 23.4. The molecule has 1 aromatic heterocycles. The third-order valence-corrected chi connectivity index (χ3v) is 5.30. The van der Waals surface area contributed by atoms with Crippen LogP contribution in [0.3, 0.4) is 0 Å². The van der Waals surface area contributed by atoms with Crippen molar-refractivity contribution < 1.29 is 19.4 Å². The number of ether oxygens (including phenoxy) is 1. The molecule has 1 aliphatic rings. The predicted molar refractivity (Wildman–Crippen MR) is 85.6 cm³/mol.